The van der Waals surface area contributed by atoms with Crippen molar-refractivity contribution in [3.8, 4) is 0 Å². The molecule has 0 aliphatic heterocycles. The van der Waals surface area contributed by atoms with Crippen LogP contribution in [-0.4, -0.2) is 21.8 Å². The van der Waals surface area contributed by atoms with Gasteiger partial charge < -0.3 is 5.11 Å². The smallest absolute Gasteiger partial charge is 0.434 e. The Morgan fingerprint density at radius 2 is 2.19 bits per heavy atom. The second kappa shape index (κ2) is 5.20. The number of rotatable bonds is 4. The van der Waals surface area contributed by atoms with Crippen LogP contribution in [0.25, 0.3) is 0 Å². The molecule has 1 rings (SSSR count). The molecule has 0 atom stereocenters. The predicted octanol–water partition coefficient (Wildman–Crippen LogP) is 2.67. The number of aromatic nitrogens is 1. The molecule has 1 aromatic heterocycles. The van der Waals surface area contributed by atoms with Crippen LogP contribution in [0.15, 0.2) is 23.2 Å². The Labute approximate surface area is 93.7 Å². The van der Waals surface area contributed by atoms with E-state index in [-0.39, 0.29) is 17.1 Å². The highest BCUT2D eigenvalue weighted by Crippen LogP contribution is 2.34. The Balaban J connectivity index is 2.76. The lowest BCUT2D eigenvalue weighted by molar-refractivity contribution is -0.143. The molecule has 1 N–H and O–H groups in total. The van der Waals surface area contributed by atoms with Crippen LogP contribution in [0.2, 0.25) is 0 Å². The van der Waals surface area contributed by atoms with Crippen LogP contribution < -0.4 is 0 Å². The van der Waals surface area contributed by atoms with E-state index in [0.717, 1.165) is 18.0 Å². The van der Waals surface area contributed by atoms with Crippen LogP contribution in [0.1, 0.15) is 12.1 Å². The third-order valence-corrected chi connectivity index (χ3v) is 2.66. The largest absolute Gasteiger partial charge is 0.481 e. The monoisotopic (exact) mass is 251 g/mol. The predicted molar refractivity (Wildman–Crippen MR) is 52.2 cm³/mol. The van der Waals surface area contributed by atoms with Crippen molar-refractivity contribution >= 4 is 17.7 Å². The molecule has 0 aliphatic carbocycles. The maximum atomic E-state index is 12.4. The van der Waals surface area contributed by atoms with E-state index in [2.05, 4.69) is 4.98 Å². The van der Waals surface area contributed by atoms with Crippen LogP contribution in [0, 0.1) is 0 Å². The van der Waals surface area contributed by atoms with E-state index in [4.69, 9.17) is 5.11 Å². The number of hydrogen-bond donors (Lipinski definition) is 1. The van der Waals surface area contributed by atoms with E-state index in [9.17, 15) is 18.0 Å². The molecule has 0 fully saturated rings. The normalized spacial score (nSPS) is 11.4. The lowest BCUT2D eigenvalue weighted by Crippen LogP contribution is -2.09. The molecule has 0 aromatic carbocycles. The summed E-state index contributed by atoms with van der Waals surface area (Å²) in [5.74, 6) is -0.950. The topological polar surface area (TPSA) is 50.2 Å². The Morgan fingerprint density at radius 1 is 1.50 bits per heavy atom. The van der Waals surface area contributed by atoms with Gasteiger partial charge in [0.05, 0.1) is 6.42 Å². The van der Waals surface area contributed by atoms with Gasteiger partial charge in [-0.25, -0.2) is 0 Å². The van der Waals surface area contributed by atoms with Crippen LogP contribution in [0.5, 0.6) is 0 Å². The molecule has 0 radical (unpaired) electrons. The summed E-state index contributed by atoms with van der Waals surface area (Å²) in [4.78, 5) is 13.4. The van der Waals surface area contributed by atoms with Crippen LogP contribution in [0.3, 0.4) is 0 Å². The molecule has 0 spiro atoms. The minimum absolute atomic E-state index is 0.0451. The molecule has 3 nitrogen and oxygen atoms in total. The summed E-state index contributed by atoms with van der Waals surface area (Å²) >= 11 is 0.839. The van der Waals surface area contributed by atoms with Gasteiger partial charge in [0, 0.05) is 16.8 Å². The SMILES string of the molecule is O=C(O)CCSc1cccnc1C(F)(F)F. The molecule has 0 saturated carbocycles. The Hall–Kier alpha value is -1.24. The minimum Gasteiger partial charge on any atom is -0.481 e. The van der Waals surface area contributed by atoms with Gasteiger partial charge in [0.25, 0.3) is 0 Å². The number of carboxylic acids is 1. The summed E-state index contributed by atoms with van der Waals surface area (Å²) < 4.78 is 37.3. The first-order valence-corrected chi connectivity index (χ1v) is 5.26. The van der Waals surface area contributed by atoms with E-state index in [0.29, 0.717) is 0 Å². The maximum absolute atomic E-state index is 12.4. The van der Waals surface area contributed by atoms with Gasteiger partial charge in [0.1, 0.15) is 0 Å². The number of nitrogens with zero attached hydrogens (tertiary/aromatic N) is 1. The lowest BCUT2D eigenvalue weighted by atomic mass is 10.3. The van der Waals surface area contributed by atoms with Crippen LogP contribution >= 0.6 is 11.8 Å². The number of pyridine rings is 1. The number of hydrogen-bond acceptors (Lipinski definition) is 3. The Bertz CT molecular complexity index is 381. The third kappa shape index (κ3) is 3.73. The van der Waals surface area contributed by atoms with E-state index >= 15 is 0 Å². The Kier molecular flexibility index (Phi) is 4.17. The number of carboxylic acid groups (broad SMARTS) is 1. The number of carbonyl (C=O) groups is 1. The summed E-state index contributed by atoms with van der Waals surface area (Å²) in [7, 11) is 0. The highest BCUT2D eigenvalue weighted by molar-refractivity contribution is 7.99. The number of alkyl halides is 3. The molecule has 16 heavy (non-hydrogen) atoms. The molecule has 1 aromatic rings. The summed E-state index contributed by atoms with van der Waals surface area (Å²) in [6.45, 7) is 0. The second-order valence-corrected chi connectivity index (χ2v) is 3.98. The van der Waals surface area contributed by atoms with Crippen molar-refractivity contribution in [1.82, 2.24) is 4.98 Å². The molecule has 0 bridgehead atoms. The molecular formula is C9H8F3NO2S. The van der Waals surface area contributed by atoms with Gasteiger partial charge >= 0.3 is 12.1 Å². The molecule has 1 heterocycles. The molecule has 88 valence electrons. The first kappa shape index (κ1) is 12.8. The van der Waals surface area contributed by atoms with Gasteiger partial charge in [-0.3, -0.25) is 9.78 Å². The summed E-state index contributed by atoms with van der Waals surface area (Å²) in [6, 6.07) is 2.67. The van der Waals surface area contributed by atoms with Crippen molar-refractivity contribution in [3.63, 3.8) is 0 Å². The maximum Gasteiger partial charge on any atom is 0.434 e. The van der Waals surface area contributed by atoms with Crippen LogP contribution in [-0.2, 0) is 11.0 Å². The minimum atomic E-state index is -4.51. The molecular weight excluding hydrogens is 243 g/mol. The van der Waals surface area contributed by atoms with Gasteiger partial charge in [-0.1, -0.05) is 0 Å². The summed E-state index contributed by atoms with van der Waals surface area (Å²) in [6.07, 6.45) is -3.63. The Morgan fingerprint density at radius 3 is 2.75 bits per heavy atom. The molecule has 0 saturated heterocycles. The van der Waals surface area contributed by atoms with Crippen molar-refractivity contribution in [2.45, 2.75) is 17.5 Å². The highest BCUT2D eigenvalue weighted by Gasteiger charge is 2.35. The van der Waals surface area contributed by atoms with Gasteiger partial charge in [0.15, 0.2) is 5.69 Å². The fourth-order valence-electron chi connectivity index (χ4n) is 0.968. The van der Waals surface area contributed by atoms with E-state index in [1.165, 1.54) is 12.1 Å². The molecule has 0 unspecified atom stereocenters. The zero-order chi connectivity index (χ0) is 12.2. The number of aliphatic carboxylic acids is 1. The average Bonchev–Trinajstić information content (AvgIpc) is 2.16. The van der Waals surface area contributed by atoms with E-state index < -0.39 is 17.8 Å². The number of halogens is 3. The van der Waals surface area contributed by atoms with Crippen molar-refractivity contribution in [3.05, 3.63) is 24.0 Å². The van der Waals surface area contributed by atoms with E-state index in [1.54, 1.807) is 0 Å². The lowest BCUT2D eigenvalue weighted by Gasteiger charge is -2.09. The first-order valence-electron chi connectivity index (χ1n) is 4.28. The van der Waals surface area contributed by atoms with Gasteiger partial charge in [-0.05, 0) is 12.1 Å². The first-order chi connectivity index (χ1) is 7.41. The van der Waals surface area contributed by atoms with Gasteiger partial charge in [-0.15, -0.1) is 11.8 Å². The van der Waals surface area contributed by atoms with Gasteiger partial charge in [-0.2, -0.15) is 13.2 Å². The zero-order valence-corrected chi connectivity index (χ0v) is 8.81. The second-order valence-electron chi connectivity index (χ2n) is 2.84. The average molecular weight is 251 g/mol. The van der Waals surface area contributed by atoms with Crippen LogP contribution in [0.4, 0.5) is 13.2 Å². The fourth-order valence-corrected chi connectivity index (χ4v) is 1.94. The summed E-state index contributed by atoms with van der Waals surface area (Å²) in [5.41, 5.74) is -0.967. The molecule has 0 amide bonds. The molecule has 7 heteroatoms. The molecule has 0 aliphatic rings. The fraction of sp³-hybridized carbons (Fsp3) is 0.333. The van der Waals surface area contributed by atoms with Gasteiger partial charge in [0.2, 0.25) is 0 Å². The third-order valence-electron chi connectivity index (χ3n) is 1.61. The summed E-state index contributed by atoms with van der Waals surface area (Å²) in [5, 5.41) is 8.37. The quantitative estimate of drug-likeness (QED) is 0.836. The number of thioether (sulfide) groups is 1. The highest BCUT2D eigenvalue weighted by atomic mass is 32.2. The van der Waals surface area contributed by atoms with E-state index in [1.807, 2.05) is 0 Å². The zero-order valence-electron chi connectivity index (χ0n) is 7.99. The standard InChI is InChI=1S/C9H8F3NO2S/c10-9(11,12)8-6(2-1-4-13-8)16-5-3-7(14)15/h1-2,4H,3,5H2,(H,14,15). The van der Waals surface area contributed by atoms with Crippen molar-refractivity contribution in [2.24, 2.45) is 0 Å². The van der Waals surface area contributed by atoms with Crippen molar-refractivity contribution in [1.29, 1.82) is 0 Å². The van der Waals surface area contributed by atoms with Crippen molar-refractivity contribution < 1.29 is 23.1 Å². The van der Waals surface area contributed by atoms with Crippen molar-refractivity contribution in [2.75, 3.05) is 5.75 Å².